The lowest BCUT2D eigenvalue weighted by Gasteiger charge is -2.25. The summed E-state index contributed by atoms with van der Waals surface area (Å²) >= 11 is 3.20. The van der Waals surface area contributed by atoms with E-state index >= 15 is 0 Å². The van der Waals surface area contributed by atoms with E-state index in [0.717, 1.165) is 43.9 Å². The molecular weight excluding hydrogens is 467 g/mol. The van der Waals surface area contributed by atoms with Crippen LogP contribution in [0.4, 0.5) is 13.2 Å². The summed E-state index contributed by atoms with van der Waals surface area (Å²) in [7, 11) is 1.40. The molecule has 0 atom stereocenters. The summed E-state index contributed by atoms with van der Waals surface area (Å²) in [5.74, 6) is 0.528. The Morgan fingerprint density at radius 2 is 1.64 bits per heavy atom. The molecule has 0 saturated carbocycles. The number of hydrogen-bond donors (Lipinski definition) is 0. The Bertz CT molecular complexity index is 1090. The second-order valence-electron chi connectivity index (χ2n) is 8.38. The van der Waals surface area contributed by atoms with Crippen molar-refractivity contribution in [1.29, 1.82) is 0 Å². The molecule has 33 heavy (non-hydrogen) atoms. The minimum atomic E-state index is -4.34. The molecule has 2 aromatic carbocycles. The van der Waals surface area contributed by atoms with Gasteiger partial charge in [0.1, 0.15) is 5.01 Å². The largest absolute Gasteiger partial charge is 0.469 e. The number of hydrogen-bond acceptors (Lipinski definition) is 5. The number of halogens is 3. The molecule has 0 aliphatic rings. The van der Waals surface area contributed by atoms with Crippen LogP contribution in [0.15, 0.2) is 53.4 Å². The van der Waals surface area contributed by atoms with Crippen molar-refractivity contribution in [2.24, 2.45) is 0 Å². The van der Waals surface area contributed by atoms with Gasteiger partial charge in [-0.3, -0.25) is 4.79 Å². The van der Waals surface area contributed by atoms with Gasteiger partial charge in [0, 0.05) is 27.5 Å². The number of methoxy groups -OCH3 is 1. The number of rotatable bonds is 8. The molecular formula is C25H26F3NO2S2. The number of carbonyl (C=O) groups excluding carboxylic acids is 1. The van der Waals surface area contributed by atoms with Crippen LogP contribution in [0, 0.1) is 6.92 Å². The molecule has 0 radical (unpaired) electrons. The molecule has 0 saturated heterocycles. The lowest BCUT2D eigenvalue weighted by molar-refractivity contribution is -0.141. The number of esters is 1. The third kappa shape index (κ3) is 6.60. The van der Waals surface area contributed by atoms with Gasteiger partial charge in [0.05, 0.1) is 18.4 Å². The van der Waals surface area contributed by atoms with Crippen LogP contribution in [0.1, 0.15) is 48.4 Å². The van der Waals surface area contributed by atoms with Crippen LogP contribution in [-0.2, 0) is 26.9 Å². The first-order valence-corrected chi connectivity index (χ1v) is 12.2. The van der Waals surface area contributed by atoms with E-state index in [9.17, 15) is 18.0 Å². The maximum Gasteiger partial charge on any atom is 0.416 e. The molecule has 0 aliphatic heterocycles. The summed E-state index contributed by atoms with van der Waals surface area (Å²) in [6.45, 7) is 6.15. The zero-order chi connectivity index (χ0) is 24.2. The molecule has 176 valence electrons. The minimum Gasteiger partial charge on any atom is -0.469 e. The van der Waals surface area contributed by atoms with Gasteiger partial charge in [0.15, 0.2) is 0 Å². The highest BCUT2D eigenvalue weighted by Gasteiger charge is 2.30. The van der Waals surface area contributed by atoms with E-state index in [-0.39, 0.29) is 11.4 Å². The lowest BCUT2D eigenvalue weighted by Crippen LogP contribution is -2.19. The summed E-state index contributed by atoms with van der Waals surface area (Å²) in [5.41, 5.74) is 1.94. The Labute approximate surface area is 200 Å². The zero-order valence-electron chi connectivity index (χ0n) is 19.0. The molecule has 0 fully saturated rings. The third-order valence-corrected chi connectivity index (χ3v) is 7.97. The topological polar surface area (TPSA) is 39.2 Å². The highest BCUT2D eigenvalue weighted by Crippen LogP contribution is 2.36. The Hall–Kier alpha value is -2.32. The predicted molar refractivity (Wildman–Crippen MR) is 128 cm³/mol. The van der Waals surface area contributed by atoms with E-state index in [1.807, 2.05) is 6.92 Å². The van der Waals surface area contributed by atoms with Gasteiger partial charge in [-0.25, -0.2) is 4.98 Å². The molecule has 8 heteroatoms. The first-order chi connectivity index (χ1) is 15.5. The molecule has 0 bridgehead atoms. The van der Waals surface area contributed by atoms with E-state index in [1.54, 1.807) is 11.8 Å². The second kappa shape index (κ2) is 10.3. The number of alkyl halides is 3. The molecule has 0 aliphatic carbocycles. The van der Waals surface area contributed by atoms with Crippen LogP contribution < -0.4 is 0 Å². The van der Waals surface area contributed by atoms with Crippen LogP contribution in [0.25, 0.3) is 10.6 Å². The molecule has 0 spiro atoms. The maximum absolute atomic E-state index is 12.8. The van der Waals surface area contributed by atoms with Crippen molar-refractivity contribution in [3.8, 4) is 10.6 Å². The Morgan fingerprint density at radius 1 is 1.03 bits per heavy atom. The van der Waals surface area contributed by atoms with Crippen molar-refractivity contribution in [2.75, 3.05) is 7.11 Å². The van der Waals surface area contributed by atoms with Crippen molar-refractivity contribution in [3.05, 3.63) is 70.2 Å². The summed E-state index contributed by atoms with van der Waals surface area (Å²) in [6, 6.07) is 13.5. The Balaban J connectivity index is 1.63. The lowest BCUT2D eigenvalue weighted by atomic mass is 9.80. The molecule has 0 N–H and O–H groups in total. The predicted octanol–water partition coefficient (Wildman–Crippen LogP) is 7.66. The van der Waals surface area contributed by atoms with Gasteiger partial charge >= 0.3 is 12.1 Å². The molecule has 3 rings (SSSR count). The highest BCUT2D eigenvalue weighted by atomic mass is 32.2. The summed E-state index contributed by atoms with van der Waals surface area (Å²) in [4.78, 5) is 18.2. The SMILES string of the molecule is COC(=O)CCC(C)(C)c1ccc(SCc2sc(-c3ccc(C(F)(F)F)cc3)nc2C)cc1. The Morgan fingerprint density at radius 3 is 2.21 bits per heavy atom. The highest BCUT2D eigenvalue weighted by molar-refractivity contribution is 7.98. The normalized spacial score (nSPS) is 12.1. The smallest absolute Gasteiger partial charge is 0.416 e. The number of thiazole rings is 1. The van der Waals surface area contributed by atoms with Crippen molar-refractivity contribution in [2.45, 2.75) is 55.9 Å². The number of aromatic nitrogens is 1. The van der Waals surface area contributed by atoms with Gasteiger partial charge in [-0.1, -0.05) is 38.1 Å². The number of nitrogens with zero attached hydrogens (tertiary/aromatic N) is 1. The van der Waals surface area contributed by atoms with Crippen LogP contribution in [-0.4, -0.2) is 18.1 Å². The van der Waals surface area contributed by atoms with E-state index in [2.05, 4.69) is 43.1 Å². The van der Waals surface area contributed by atoms with E-state index in [1.165, 1.54) is 30.6 Å². The van der Waals surface area contributed by atoms with Gasteiger partial charge in [-0.2, -0.15) is 13.2 Å². The molecule has 0 amide bonds. The number of ether oxygens (including phenoxy) is 1. The van der Waals surface area contributed by atoms with Crippen LogP contribution >= 0.6 is 23.1 Å². The fraction of sp³-hybridized carbons (Fsp3) is 0.360. The number of aryl methyl sites for hydroxylation is 1. The average Bonchev–Trinajstić information content (AvgIpc) is 3.16. The third-order valence-electron chi connectivity index (χ3n) is 5.54. The molecule has 1 aromatic heterocycles. The fourth-order valence-electron chi connectivity index (χ4n) is 3.30. The first kappa shape index (κ1) is 25.3. The molecule has 0 unspecified atom stereocenters. The fourth-order valence-corrected chi connectivity index (χ4v) is 5.41. The quantitative estimate of drug-likeness (QED) is 0.239. The van der Waals surface area contributed by atoms with Crippen molar-refractivity contribution < 1.29 is 22.7 Å². The van der Waals surface area contributed by atoms with Gasteiger partial charge in [-0.05, 0) is 48.6 Å². The number of carbonyl (C=O) groups is 1. The monoisotopic (exact) mass is 493 g/mol. The van der Waals surface area contributed by atoms with Gasteiger partial charge in [0.2, 0.25) is 0 Å². The van der Waals surface area contributed by atoms with E-state index in [0.29, 0.717) is 18.4 Å². The number of thioether (sulfide) groups is 1. The Kier molecular flexibility index (Phi) is 7.90. The molecule has 1 heterocycles. The van der Waals surface area contributed by atoms with Crippen molar-refractivity contribution in [3.63, 3.8) is 0 Å². The summed E-state index contributed by atoms with van der Waals surface area (Å²) < 4.78 is 43.1. The summed E-state index contributed by atoms with van der Waals surface area (Å²) in [6.07, 6.45) is -3.25. The maximum atomic E-state index is 12.8. The van der Waals surface area contributed by atoms with E-state index < -0.39 is 11.7 Å². The molecule has 3 aromatic rings. The second-order valence-corrected chi connectivity index (χ2v) is 10.5. The minimum absolute atomic E-state index is 0.137. The average molecular weight is 494 g/mol. The van der Waals surface area contributed by atoms with Gasteiger partial charge < -0.3 is 4.74 Å². The first-order valence-electron chi connectivity index (χ1n) is 10.4. The standard InChI is InChI=1S/C25H26F3NO2S2/c1-16-21(33-23(29-16)17-5-7-19(8-6-17)25(26,27)28)15-32-20-11-9-18(10-12-20)24(2,3)14-13-22(30)31-4/h5-12H,13-15H2,1-4H3. The van der Waals surface area contributed by atoms with Crippen LogP contribution in [0.3, 0.4) is 0 Å². The zero-order valence-corrected chi connectivity index (χ0v) is 20.6. The van der Waals surface area contributed by atoms with Gasteiger partial charge in [-0.15, -0.1) is 23.1 Å². The summed E-state index contributed by atoms with van der Waals surface area (Å²) in [5, 5.41) is 0.722. The number of benzene rings is 2. The van der Waals surface area contributed by atoms with Crippen molar-refractivity contribution >= 4 is 29.1 Å². The van der Waals surface area contributed by atoms with Crippen LogP contribution in [0.2, 0.25) is 0 Å². The van der Waals surface area contributed by atoms with Gasteiger partial charge in [0.25, 0.3) is 0 Å². The van der Waals surface area contributed by atoms with E-state index in [4.69, 9.17) is 4.74 Å². The van der Waals surface area contributed by atoms with Crippen molar-refractivity contribution in [1.82, 2.24) is 4.98 Å². The molecule has 3 nitrogen and oxygen atoms in total. The van der Waals surface area contributed by atoms with Crippen LogP contribution in [0.5, 0.6) is 0 Å².